The first-order valence-electron chi connectivity index (χ1n) is 26.4. The first-order valence-corrected chi connectivity index (χ1v) is 28.9. The quantitative estimate of drug-likeness (QED) is 0.0896. The Morgan fingerprint density at radius 2 is 1.23 bits per heavy atom. The molecule has 0 N–H and O–H groups in total. The lowest BCUT2D eigenvalue weighted by atomic mass is 9.72. The average molecular weight is 1160 g/mol. The van der Waals surface area contributed by atoms with Gasteiger partial charge in [0.05, 0.1) is 83.7 Å². The second-order valence-electron chi connectivity index (χ2n) is 20.5. The predicted octanol–water partition coefficient (Wildman–Crippen LogP) is 13.7. The summed E-state index contributed by atoms with van der Waals surface area (Å²) in [5.74, 6) is 3.56. The number of methoxy groups -OCH3 is 2. The van der Waals surface area contributed by atoms with Gasteiger partial charge in [-0.1, -0.05) is 47.5 Å². The first-order chi connectivity index (χ1) is 39.6. The average Bonchev–Trinajstić information content (AvgIpc) is 4.55. The van der Waals surface area contributed by atoms with Crippen LogP contribution in [-0.4, -0.2) is 79.3 Å². The summed E-state index contributed by atoms with van der Waals surface area (Å²) in [6, 6.07) is 35.2. The van der Waals surface area contributed by atoms with Crippen LogP contribution in [0.25, 0.3) is 56.1 Å². The number of furan rings is 2. The number of hydrogen-bond donors (Lipinski definition) is 0. The molecular weight excluding hydrogens is 1110 g/mol. The molecule has 10 heterocycles. The summed E-state index contributed by atoms with van der Waals surface area (Å²) in [7, 11) is 3.24. The smallest absolute Gasteiger partial charge is 0.155 e. The van der Waals surface area contributed by atoms with Crippen molar-refractivity contribution in [1.29, 1.82) is 0 Å². The molecule has 3 unspecified atom stereocenters. The number of aromatic nitrogens is 8. The van der Waals surface area contributed by atoms with Crippen molar-refractivity contribution >= 4 is 79.1 Å². The fourth-order valence-electron chi connectivity index (χ4n) is 11.2. The van der Waals surface area contributed by atoms with E-state index in [1.54, 1.807) is 45.9 Å². The molecule has 81 heavy (non-hydrogen) atoms. The SMILES string of the molecule is COc1cc(OCc2csc(C3(c4cccc(Cl)c4)CCOC(Cc4ccc5nc(-c6cc7c(OCc8csc(C9(c%10ccc(Cl)cc%10)CCOC9)n8)cc(OC)cc7o6)cn5n4)C3)n2)c2cc(-c3cn4nc(C)ccc4n3)oc2c1. The van der Waals surface area contributed by atoms with Gasteiger partial charge in [0.25, 0.3) is 0 Å². The molecule has 4 aromatic carbocycles. The summed E-state index contributed by atoms with van der Waals surface area (Å²) in [4.78, 5) is 20.0. The summed E-state index contributed by atoms with van der Waals surface area (Å²) in [6.45, 7) is 4.14. The number of nitrogens with zero attached hydrogens (tertiary/aromatic N) is 8. The molecule has 2 fully saturated rings. The largest absolute Gasteiger partial charge is 0.496 e. The molecule has 0 radical (unpaired) electrons. The zero-order valence-electron chi connectivity index (χ0n) is 44.1. The minimum Gasteiger partial charge on any atom is -0.496 e. The van der Waals surface area contributed by atoms with Gasteiger partial charge in [-0.05, 0) is 98.0 Å². The van der Waals surface area contributed by atoms with Crippen LogP contribution in [0.4, 0.5) is 0 Å². The molecule has 0 aliphatic carbocycles. The number of fused-ring (bicyclic) bond motifs is 4. The van der Waals surface area contributed by atoms with Crippen molar-refractivity contribution in [3.05, 3.63) is 186 Å². The Bertz CT molecular complexity index is 4310. The fraction of sp³-hybridized carbons (Fsp3) is 0.246. The molecule has 0 spiro atoms. The maximum Gasteiger partial charge on any atom is 0.155 e. The van der Waals surface area contributed by atoms with Crippen molar-refractivity contribution in [2.24, 2.45) is 0 Å². The van der Waals surface area contributed by atoms with E-state index in [1.807, 2.05) is 110 Å². The molecule has 2 aliphatic rings. The molecule has 3 atom stereocenters. The van der Waals surface area contributed by atoms with Gasteiger partial charge in [0, 0.05) is 64.7 Å². The van der Waals surface area contributed by atoms with Crippen LogP contribution in [0.5, 0.6) is 23.0 Å². The van der Waals surface area contributed by atoms with Crippen LogP contribution in [0.15, 0.2) is 141 Å². The van der Waals surface area contributed by atoms with E-state index in [-0.39, 0.29) is 24.7 Å². The number of rotatable bonds is 16. The third kappa shape index (κ3) is 9.72. The van der Waals surface area contributed by atoms with Crippen LogP contribution >= 0.6 is 45.9 Å². The summed E-state index contributed by atoms with van der Waals surface area (Å²) < 4.78 is 53.3. The van der Waals surface area contributed by atoms with Gasteiger partial charge < -0.3 is 37.3 Å². The van der Waals surface area contributed by atoms with Gasteiger partial charge in [0.2, 0.25) is 0 Å². The monoisotopic (exact) mass is 1160 g/mol. The van der Waals surface area contributed by atoms with E-state index in [0.717, 1.165) is 66.8 Å². The summed E-state index contributed by atoms with van der Waals surface area (Å²) in [5.41, 5.74) is 8.62. The van der Waals surface area contributed by atoms with Crippen molar-refractivity contribution in [2.75, 3.05) is 34.0 Å². The van der Waals surface area contributed by atoms with Gasteiger partial charge in [0.15, 0.2) is 22.8 Å². The van der Waals surface area contributed by atoms with Crippen molar-refractivity contribution in [3.63, 3.8) is 0 Å². The Kier molecular flexibility index (Phi) is 13.3. The first kappa shape index (κ1) is 51.3. The molecule has 0 amide bonds. The van der Waals surface area contributed by atoms with Crippen molar-refractivity contribution < 1.29 is 37.3 Å². The molecule has 2 saturated heterocycles. The molecule has 12 aromatic rings. The summed E-state index contributed by atoms with van der Waals surface area (Å²) >= 11 is 16.2. The van der Waals surface area contributed by atoms with Gasteiger partial charge in [-0.25, -0.2) is 29.0 Å². The third-order valence-electron chi connectivity index (χ3n) is 15.3. The van der Waals surface area contributed by atoms with Crippen LogP contribution in [-0.2, 0) is 39.9 Å². The Morgan fingerprint density at radius 3 is 1.85 bits per heavy atom. The highest BCUT2D eigenvalue weighted by molar-refractivity contribution is 7.10. The number of hydrogen-bond acceptors (Lipinski definition) is 16. The van der Waals surface area contributed by atoms with Crippen molar-refractivity contribution in [1.82, 2.24) is 39.2 Å². The van der Waals surface area contributed by atoms with E-state index >= 15 is 0 Å². The zero-order chi connectivity index (χ0) is 54.8. The highest BCUT2D eigenvalue weighted by atomic mass is 35.5. The molecule has 16 nitrogen and oxygen atoms in total. The lowest BCUT2D eigenvalue weighted by Crippen LogP contribution is -2.40. The lowest BCUT2D eigenvalue weighted by Gasteiger charge is -2.40. The van der Waals surface area contributed by atoms with E-state index in [4.69, 9.17) is 85.5 Å². The van der Waals surface area contributed by atoms with E-state index in [1.165, 1.54) is 0 Å². The summed E-state index contributed by atoms with van der Waals surface area (Å²) in [5, 5.41) is 18.6. The van der Waals surface area contributed by atoms with Crippen molar-refractivity contribution in [3.8, 4) is 45.9 Å². The maximum absolute atomic E-state index is 6.73. The molecule has 8 aromatic heterocycles. The lowest BCUT2D eigenvalue weighted by molar-refractivity contribution is -0.0114. The molecule has 0 saturated carbocycles. The number of thiazole rings is 2. The number of aryl methyl sites for hydroxylation is 1. The highest BCUT2D eigenvalue weighted by Crippen LogP contribution is 2.47. The molecule has 408 valence electrons. The van der Waals surface area contributed by atoms with Crippen LogP contribution in [0, 0.1) is 6.92 Å². The van der Waals surface area contributed by atoms with E-state index in [2.05, 4.69) is 34.1 Å². The number of imidazole rings is 2. The molecule has 20 heteroatoms. The third-order valence-corrected chi connectivity index (χ3v) is 18.0. The van der Waals surface area contributed by atoms with Gasteiger partial charge in [0.1, 0.15) is 68.8 Å². The number of ether oxygens (including phenoxy) is 6. The molecular formula is C61H50Cl2N8O8S2. The Morgan fingerprint density at radius 1 is 0.617 bits per heavy atom. The van der Waals surface area contributed by atoms with Crippen LogP contribution in [0.2, 0.25) is 10.0 Å². The Balaban J connectivity index is 0.690. The topological polar surface area (TPSA) is 168 Å². The van der Waals surface area contributed by atoms with Crippen molar-refractivity contribution in [2.45, 2.75) is 62.8 Å². The van der Waals surface area contributed by atoms with Gasteiger partial charge in [-0.2, -0.15) is 10.2 Å². The molecule has 2 aliphatic heterocycles. The van der Waals surface area contributed by atoms with E-state index < -0.39 is 5.41 Å². The number of halogens is 2. The van der Waals surface area contributed by atoms with E-state index in [9.17, 15) is 0 Å². The van der Waals surface area contributed by atoms with E-state index in [0.29, 0.717) is 112 Å². The van der Waals surface area contributed by atoms with Crippen LogP contribution < -0.4 is 18.9 Å². The molecule has 0 bridgehead atoms. The normalized spacial score (nSPS) is 18.4. The standard InChI is InChI=1S/C61H50Cl2N8O8S2/c1-35-7-13-56-66-48(28-70(56)68-35)54-25-46-50(21-43(72-2)23-52(46)78-54)76-30-41-32-80-58(64-41)60(37-5-4-6-39(63)19-37)16-18-75-45(27-60)20-40-12-14-57-67-49(29-71(57)69-40)55-26-47-51(22-44(73-3)24-53(47)79-55)77-31-42-33-81-59(65-42)61(15-17-74-34-61)36-8-10-38(62)11-9-36/h4-14,19,21-26,28-29,32-33,45H,15-18,20,27,30-31,34H2,1-3H3. The second kappa shape index (κ2) is 20.9. The van der Waals surface area contributed by atoms with Gasteiger partial charge in [-0.15, -0.1) is 22.7 Å². The zero-order valence-corrected chi connectivity index (χ0v) is 47.2. The fourth-order valence-corrected chi connectivity index (χ4v) is 13.6. The molecule has 14 rings (SSSR count). The van der Waals surface area contributed by atoms with Crippen LogP contribution in [0.1, 0.15) is 63.2 Å². The summed E-state index contributed by atoms with van der Waals surface area (Å²) in [6.07, 6.45) is 6.30. The van der Waals surface area contributed by atoms with Gasteiger partial charge in [-0.3, -0.25) is 0 Å². The predicted molar refractivity (Wildman–Crippen MR) is 310 cm³/mol. The Hall–Kier alpha value is -7.84. The second-order valence-corrected chi connectivity index (χ2v) is 23.0. The van der Waals surface area contributed by atoms with Gasteiger partial charge >= 0.3 is 0 Å². The highest BCUT2D eigenvalue weighted by Gasteiger charge is 2.44. The maximum atomic E-state index is 6.73. The van der Waals surface area contributed by atoms with Crippen LogP contribution in [0.3, 0.4) is 0 Å². The minimum atomic E-state index is -0.491. The minimum absolute atomic E-state index is 0.191. The Labute approximate surface area is 481 Å². The number of benzene rings is 4.